The Kier molecular flexibility index (Phi) is 5.86. The van der Waals surface area contributed by atoms with E-state index in [4.69, 9.17) is 16.1 Å². The Labute approximate surface area is 207 Å². The molecule has 1 N–H and O–H groups in total. The normalized spacial score (nSPS) is 16.0. The number of hydrogen-bond donors (Lipinski definition) is 1. The molecule has 0 radical (unpaired) electrons. The third kappa shape index (κ3) is 4.42. The van der Waals surface area contributed by atoms with Crippen molar-refractivity contribution in [2.24, 2.45) is 0 Å². The standard InChI is InChI=1S/C27H22ClFN4O2/c1-15-11-16(2)13-22(12-15)33-17(3)23(24(30-27(33)34)18-7-9-21(29)10-8-18)26-31-25(32-35-26)19-5-4-6-20(28)14-19/h4-14,24H,1-3H3,(H,30,34). The van der Waals surface area contributed by atoms with E-state index in [-0.39, 0.29) is 17.7 Å². The number of anilines is 1. The van der Waals surface area contributed by atoms with Gasteiger partial charge in [-0.25, -0.2) is 9.18 Å². The highest BCUT2D eigenvalue weighted by Gasteiger charge is 2.36. The van der Waals surface area contributed by atoms with Crippen LogP contribution in [0.25, 0.3) is 17.0 Å². The second kappa shape index (κ2) is 9.00. The summed E-state index contributed by atoms with van der Waals surface area (Å²) in [5, 5.41) is 7.74. The van der Waals surface area contributed by atoms with Crippen molar-refractivity contribution < 1.29 is 13.7 Å². The molecule has 0 aliphatic carbocycles. The molecule has 1 aliphatic rings. The SMILES string of the molecule is CC1=C(c2nc(-c3cccc(Cl)c3)no2)C(c2ccc(F)cc2)NC(=O)N1c1cc(C)cc(C)c1. The van der Waals surface area contributed by atoms with Gasteiger partial charge in [-0.05, 0) is 73.9 Å². The van der Waals surface area contributed by atoms with Crippen molar-refractivity contribution in [3.63, 3.8) is 0 Å². The zero-order valence-corrected chi connectivity index (χ0v) is 20.1. The van der Waals surface area contributed by atoms with E-state index in [1.807, 2.05) is 51.1 Å². The Morgan fingerprint density at radius 3 is 2.40 bits per heavy atom. The molecule has 0 saturated carbocycles. The minimum absolute atomic E-state index is 0.251. The number of allylic oxidation sites excluding steroid dienone is 1. The number of carbonyl (C=O) groups excluding carboxylic acids is 1. The van der Waals surface area contributed by atoms with Crippen molar-refractivity contribution in [2.45, 2.75) is 26.8 Å². The number of halogens is 2. The van der Waals surface area contributed by atoms with E-state index in [9.17, 15) is 9.18 Å². The molecule has 1 atom stereocenters. The zero-order chi connectivity index (χ0) is 24.7. The van der Waals surface area contributed by atoms with E-state index in [1.54, 1.807) is 29.2 Å². The Morgan fingerprint density at radius 1 is 1.00 bits per heavy atom. The van der Waals surface area contributed by atoms with Gasteiger partial charge < -0.3 is 9.84 Å². The Hall–Kier alpha value is -3.97. The fourth-order valence-electron chi connectivity index (χ4n) is 4.39. The Bertz CT molecular complexity index is 1440. The maximum Gasteiger partial charge on any atom is 0.326 e. The van der Waals surface area contributed by atoms with Gasteiger partial charge in [-0.15, -0.1) is 0 Å². The first-order valence-electron chi connectivity index (χ1n) is 11.1. The smallest absolute Gasteiger partial charge is 0.326 e. The molecule has 35 heavy (non-hydrogen) atoms. The van der Waals surface area contributed by atoms with E-state index in [1.165, 1.54) is 12.1 Å². The van der Waals surface area contributed by atoms with Crippen molar-refractivity contribution in [2.75, 3.05) is 4.90 Å². The summed E-state index contributed by atoms with van der Waals surface area (Å²) in [6.07, 6.45) is 0. The lowest BCUT2D eigenvalue weighted by atomic mass is 9.94. The largest absolute Gasteiger partial charge is 0.334 e. The van der Waals surface area contributed by atoms with Gasteiger partial charge in [0.2, 0.25) is 5.82 Å². The van der Waals surface area contributed by atoms with Crippen LogP contribution in [0.2, 0.25) is 5.02 Å². The molecule has 176 valence electrons. The Balaban J connectivity index is 1.67. The highest BCUT2D eigenvalue weighted by atomic mass is 35.5. The van der Waals surface area contributed by atoms with Gasteiger partial charge in [0, 0.05) is 16.3 Å². The van der Waals surface area contributed by atoms with E-state index >= 15 is 0 Å². The average molecular weight is 489 g/mol. The van der Waals surface area contributed by atoms with Gasteiger partial charge in [0.05, 0.1) is 17.3 Å². The van der Waals surface area contributed by atoms with Crippen LogP contribution in [0.4, 0.5) is 14.9 Å². The molecule has 4 aromatic rings. The maximum absolute atomic E-state index is 13.7. The predicted molar refractivity (Wildman–Crippen MR) is 133 cm³/mol. The molecule has 0 saturated heterocycles. The van der Waals surface area contributed by atoms with Crippen molar-refractivity contribution in [1.29, 1.82) is 0 Å². The Morgan fingerprint density at radius 2 is 1.71 bits per heavy atom. The lowest BCUT2D eigenvalue weighted by Crippen LogP contribution is -2.46. The first kappa shape index (κ1) is 22.8. The van der Waals surface area contributed by atoms with Crippen molar-refractivity contribution in [1.82, 2.24) is 15.5 Å². The van der Waals surface area contributed by atoms with Crippen LogP contribution in [0.15, 0.2) is 77.0 Å². The average Bonchev–Trinajstić information content (AvgIpc) is 3.28. The predicted octanol–water partition coefficient (Wildman–Crippen LogP) is 6.85. The summed E-state index contributed by atoms with van der Waals surface area (Å²) in [6.45, 7) is 5.80. The summed E-state index contributed by atoms with van der Waals surface area (Å²) in [7, 11) is 0. The summed E-state index contributed by atoms with van der Waals surface area (Å²) in [6, 6.07) is 18.1. The number of carbonyl (C=O) groups is 1. The van der Waals surface area contributed by atoms with Gasteiger partial charge in [-0.2, -0.15) is 4.98 Å². The number of urea groups is 1. The second-order valence-corrected chi connectivity index (χ2v) is 8.98. The van der Waals surface area contributed by atoms with Crippen LogP contribution >= 0.6 is 11.6 Å². The van der Waals surface area contributed by atoms with Crippen LogP contribution in [-0.4, -0.2) is 16.2 Å². The number of benzene rings is 3. The van der Waals surface area contributed by atoms with E-state index < -0.39 is 6.04 Å². The molecule has 1 unspecified atom stereocenters. The number of aryl methyl sites for hydroxylation is 2. The minimum atomic E-state index is -0.613. The quantitative estimate of drug-likeness (QED) is 0.341. The van der Waals surface area contributed by atoms with Crippen molar-refractivity contribution in [3.05, 3.63) is 106 Å². The molecule has 2 heterocycles. The van der Waals surface area contributed by atoms with Gasteiger partial charge in [-0.3, -0.25) is 4.90 Å². The summed E-state index contributed by atoms with van der Waals surface area (Å²) >= 11 is 6.14. The maximum atomic E-state index is 13.7. The fourth-order valence-corrected chi connectivity index (χ4v) is 4.58. The van der Waals surface area contributed by atoms with Crippen molar-refractivity contribution >= 4 is 28.9 Å². The van der Waals surface area contributed by atoms with Crippen LogP contribution in [0.5, 0.6) is 0 Å². The molecule has 0 spiro atoms. The third-order valence-electron chi connectivity index (χ3n) is 5.89. The van der Waals surface area contributed by atoms with Crippen LogP contribution in [-0.2, 0) is 0 Å². The summed E-state index contributed by atoms with van der Waals surface area (Å²) in [5.74, 6) is 0.257. The van der Waals surface area contributed by atoms with Gasteiger partial charge in [0.25, 0.3) is 5.89 Å². The number of rotatable bonds is 4. The lowest BCUT2D eigenvalue weighted by molar-refractivity contribution is 0.244. The molecule has 3 aromatic carbocycles. The highest BCUT2D eigenvalue weighted by molar-refractivity contribution is 6.30. The fraction of sp³-hybridized carbons (Fsp3) is 0.148. The number of aromatic nitrogens is 2. The highest BCUT2D eigenvalue weighted by Crippen LogP contribution is 2.39. The first-order chi connectivity index (χ1) is 16.8. The number of hydrogen-bond acceptors (Lipinski definition) is 4. The molecular weight excluding hydrogens is 467 g/mol. The molecule has 0 fully saturated rings. The number of nitrogens with zero attached hydrogens (tertiary/aromatic N) is 3. The van der Waals surface area contributed by atoms with Crippen LogP contribution in [0.1, 0.15) is 35.5 Å². The zero-order valence-electron chi connectivity index (χ0n) is 19.3. The van der Waals surface area contributed by atoms with E-state index in [0.717, 1.165) is 16.8 Å². The van der Waals surface area contributed by atoms with Gasteiger partial charge in [0.15, 0.2) is 0 Å². The van der Waals surface area contributed by atoms with Crippen LogP contribution in [0, 0.1) is 19.7 Å². The lowest BCUT2D eigenvalue weighted by Gasteiger charge is -2.35. The van der Waals surface area contributed by atoms with E-state index in [2.05, 4.69) is 15.5 Å². The molecule has 1 aromatic heterocycles. The van der Waals surface area contributed by atoms with Gasteiger partial charge in [-0.1, -0.05) is 47.1 Å². The van der Waals surface area contributed by atoms with Crippen LogP contribution < -0.4 is 10.2 Å². The minimum Gasteiger partial charge on any atom is -0.334 e. The molecular formula is C27H22ClFN4O2. The van der Waals surface area contributed by atoms with Gasteiger partial charge >= 0.3 is 6.03 Å². The molecule has 6 nitrogen and oxygen atoms in total. The topological polar surface area (TPSA) is 71.3 Å². The summed E-state index contributed by atoms with van der Waals surface area (Å²) in [4.78, 5) is 19.6. The third-order valence-corrected chi connectivity index (χ3v) is 6.13. The molecule has 2 amide bonds. The molecule has 1 aliphatic heterocycles. The molecule has 8 heteroatoms. The van der Waals surface area contributed by atoms with Crippen molar-refractivity contribution in [3.8, 4) is 11.4 Å². The second-order valence-electron chi connectivity index (χ2n) is 8.55. The monoisotopic (exact) mass is 488 g/mol. The first-order valence-corrected chi connectivity index (χ1v) is 11.4. The summed E-state index contributed by atoms with van der Waals surface area (Å²) in [5.41, 5.74) is 5.44. The number of nitrogens with one attached hydrogen (secondary N) is 1. The van der Waals surface area contributed by atoms with Crippen LogP contribution in [0.3, 0.4) is 0 Å². The number of amides is 2. The molecule has 5 rings (SSSR count). The summed E-state index contributed by atoms with van der Waals surface area (Å²) < 4.78 is 19.3. The van der Waals surface area contributed by atoms with E-state index in [0.29, 0.717) is 33.2 Å². The molecule has 0 bridgehead atoms. The van der Waals surface area contributed by atoms with Gasteiger partial charge in [0.1, 0.15) is 5.82 Å².